The number of thiocarbonyl (C=S) groups is 1. The number of para-hydroxylation sites is 1. The number of nitrogens with one attached hydrogen (secondary N) is 2. The first-order chi connectivity index (χ1) is 14.8. The molecule has 9 heteroatoms. The highest BCUT2D eigenvalue weighted by atomic mass is 35.6. The zero-order chi connectivity index (χ0) is 22.0. The molecule has 2 atom stereocenters. The fourth-order valence-electron chi connectivity index (χ4n) is 3.75. The van der Waals surface area contributed by atoms with Crippen LogP contribution in [0.3, 0.4) is 0 Å². The summed E-state index contributed by atoms with van der Waals surface area (Å²) in [6.07, 6.45) is 1.12. The standard InChI is InChI=1S/C22H19Cl3N4OS/c23-22(24,25)20(29-13-16(12-18(29)30)14-6-2-1-3-7-14)28-21(31)27-17-10-4-8-15-9-5-11-26-19(15)17/h1-11,16,20H,12-13H2,(H2,27,28,31). The van der Waals surface area contributed by atoms with Crippen LogP contribution in [0.5, 0.6) is 0 Å². The van der Waals surface area contributed by atoms with Crippen LogP contribution >= 0.6 is 47.0 Å². The Morgan fingerprint density at radius 2 is 1.84 bits per heavy atom. The number of anilines is 1. The van der Waals surface area contributed by atoms with Gasteiger partial charge in [0.2, 0.25) is 9.70 Å². The average Bonchev–Trinajstić information content (AvgIpc) is 3.13. The second-order valence-electron chi connectivity index (χ2n) is 7.28. The van der Waals surface area contributed by atoms with Gasteiger partial charge in [-0.2, -0.15) is 0 Å². The lowest BCUT2D eigenvalue weighted by atomic mass is 9.99. The van der Waals surface area contributed by atoms with Gasteiger partial charge in [0.1, 0.15) is 0 Å². The molecule has 4 rings (SSSR count). The first kappa shape index (κ1) is 22.1. The largest absolute Gasteiger partial charge is 0.339 e. The fourth-order valence-corrected chi connectivity index (χ4v) is 4.49. The molecule has 0 aliphatic carbocycles. The molecule has 0 saturated carbocycles. The summed E-state index contributed by atoms with van der Waals surface area (Å²) in [5.41, 5.74) is 2.55. The summed E-state index contributed by atoms with van der Waals surface area (Å²) < 4.78 is -1.79. The summed E-state index contributed by atoms with van der Waals surface area (Å²) in [5.74, 6) is -0.0820. The maximum atomic E-state index is 12.8. The number of carbonyl (C=O) groups excluding carboxylic acids is 1. The van der Waals surface area contributed by atoms with Crippen LogP contribution in [0, 0.1) is 0 Å². The number of aromatic nitrogens is 1. The van der Waals surface area contributed by atoms with Gasteiger partial charge in [-0.15, -0.1) is 0 Å². The van der Waals surface area contributed by atoms with Crippen molar-refractivity contribution >= 4 is 74.6 Å². The number of hydrogen-bond acceptors (Lipinski definition) is 3. The molecule has 1 aromatic heterocycles. The highest BCUT2D eigenvalue weighted by molar-refractivity contribution is 7.80. The number of alkyl halides is 3. The van der Waals surface area contributed by atoms with Gasteiger partial charge in [-0.1, -0.05) is 83.3 Å². The molecule has 3 aromatic rings. The minimum Gasteiger partial charge on any atom is -0.339 e. The molecule has 2 N–H and O–H groups in total. The Balaban J connectivity index is 1.52. The van der Waals surface area contributed by atoms with E-state index in [-0.39, 0.29) is 16.9 Å². The molecule has 1 fully saturated rings. The second kappa shape index (κ2) is 9.17. The molecule has 1 aliphatic rings. The van der Waals surface area contributed by atoms with Gasteiger partial charge >= 0.3 is 0 Å². The number of benzene rings is 2. The number of hydrogen-bond donors (Lipinski definition) is 2. The molecule has 160 valence electrons. The van der Waals surface area contributed by atoms with E-state index in [2.05, 4.69) is 15.6 Å². The molecule has 5 nitrogen and oxygen atoms in total. The van der Waals surface area contributed by atoms with E-state index in [0.29, 0.717) is 18.7 Å². The predicted molar refractivity (Wildman–Crippen MR) is 131 cm³/mol. The van der Waals surface area contributed by atoms with Gasteiger partial charge in [0.15, 0.2) is 11.3 Å². The molecule has 1 aliphatic heterocycles. The molecule has 31 heavy (non-hydrogen) atoms. The Kier molecular flexibility index (Phi) is 6.53. The lowest BCUT2D eigenvalue weighted by Crippen LogP contribution is -2.56. The van der Waals surface area contributed by atoms with Crippen LogP contribution < -0.4 is 10.6 Å². The minimum atomic E-state index is -1.79. The fraction of sp³-hybridized carbons (Fsp3) is 0.227. The molecule has 1 saturated heterocycles. The zero-order valence-corrected chi connectivity index (χ0v) is 19.3. The summed E-state index contributed by atoms with van der Waals surface area (Å²) in [6.45, 7) is 0.423. The minimum absolute atomic E-state index is 0.0224. The van der Waals surface area contributed by atoms with Crippen LogP contribution in [0.2, 0.25) is 0 Å². The van der Waals surface area contributed by atoms with E-state index in [4.69, 9.17) is 47.0 Å². The van der Waals surface area contributed by atoms with Gasteiger partial charge in [0.05, 0.1) is 11.2 Å². The van der Waals surface area contributed by atoms with Crippen LogP contribution in [0.15, 0.2) is 66.9 Å². The van der Waals surface area contributed by atoms with Crippen LogP contribution in [0.4, 0.5) is 5.69 Å². The topological polar surface area (TPSA) is 57.3 Å². The Bertz CT molecular complexity index is 1100. The van der Waals surface area contributed by atoms with Crippen LogP contribution in [-0.4, -0.2) is 37.4 Å². The Morgan fingerprint density at radius 1 is 1.10 bits per heavy atom. The van der Waals surface area contributed by atoms with E-state index in [1.807, 2.05) is 60.7 Å². The van der Waals surface area contributed by atoms with Gasteiger partial charge in [0.25, 0.3) is 0 Å². The highest BCUT2D eigenvalue weighted by Gasteiger charge is 2.44. The van der Waals surface area contributed by atoms with Crippen molar-refractivity contribution in [3.63, 3.8) is 0 Å². The molecular weight excluding hydrogens is 475 g/mol. The molecular formula is C22H19Cl3N4OS. The maximum Gasteiger partial charge on any atom is 0.228 e. The van der Waals surface area contributed by atoms with Crippen molar-refractivity contribution in [1.29, 1.82) is 0 Å². The zero-order valence-electron chi connectivity index (χ0n) is 16.3. The van der Waals surface area contributed by atoms with E-state index < -0.39 is 9.96 Å². The smallest absolute Gasteiger partial charge is 0.228 e. The normalized spacial score (nSPS) is 17.6. The third-order valence-corrected chi connectivity index (χ3v) is 6.04. The molecule has 0 radical (unpaired) electrons. The van der Waals surface area contributed by atoms with Crippen LogP contribution in [-0.2, 0) is 4.79 Å². The number of carbonyl (C=O) groups is 1. The second-order valence-corrected chi connectivity index (χ2v) is 10.1. The lowest BCUT2D eigenvalue weighted by molar-refractivity contribution is -0.129. The quantitative estimate of drug-likeness (QED) is 0.385. The Morgan fingerprint density at radius 3 is 2.58 bits per heavy atom. The maximum absolute atomic E-state index is 12.8. The van der Waals surface area contributed by atoms with Gasteiger partial charge < -0.3 is 15.5 Å². The van der Waals surface area contributed by atoms with E-state index in [1.165, 1.54) is 0 Å². The number of rotatable bonds is 4. The average molecular weight is 494 g/mol. The van der Waals surface area contributed by atoms with Crippen molar-refractivity contribution in [2.75, 3.05) is 11.9 Å². The summed E-state index contributed by atoms with van der Waals surface area (Å²) in [4.78, 5) is 18.7. The molecule has 2 unspecified atom stereocenters. The summed E-state index contributed by atoms with van der Waals surface area (Å²) in [7, 11) is 0. The molecule has 2 aromatic carbocycles. The number of pyridine rings is 1. The van der Waals surface area contributed by atoms with E-state index in [9.17, 15) is 4.79 Å². The summed E-state index contributed by atoms with van der Waals surface area (Å²) in [6, 6.07) is 19.4. The highest BCUT2D eigenvalue weighted by Crippen LogP contribution is 2.37. The summed E-state index contributed by atoms with van der Waals surface area (Å²) in [5, 5.41) is 7.32. The van der Waals surface area contributed by atoms with Crippen LogP contribution in [0.1, 0.15) is 17.9 Å². The predicted octanol–water partition coefficient (Wildman–Crippen LogP) is 5.23. The third-order valence-electron chi connectivity index (χ3n) is 5.20. The van der Waals surface area contributed by atoms with Crippen molar-refractivity contribution in [2.45, 2.75) is 22.3 Å². The Hall–Kier alpha value is -2.12. The molecule has 0 spiro atoms. The number of fused-ring (bicyclic) bond motifs is 1. The van der Waals surface area contributed by atoms with Crippen molar-refractivity contribution < 1.29 is 4.79 Å². The number of nitrogens with zero attached hydrogens (tertiary/aromatic N) is 2. The monoisotopic (exact) mass is 492 g/mol. The number of halogens is 3. The first-order valence-electron chi connectivity index (χ1n) is 9.65. The SMILES string of the molecule is O=C1CC(c2ccccc2)CN1C(NC(=S)Nc1cccc2cccnc12)C(Cl)(Cl)Cl. The number of likely N-dealkylation sites (tertiary alicyclic amines) is 1. The first-order valence-corrected chi connectivity index (χ1v) is 11.2. The van der Waals surface area contributed by atoms with Crippen molar-refractivity contribution in [2.24, 2.45) is 0 Å². The molecule has 2 heterocycles. The van der Waals surface area contributed by atoms with Gasteiger partial charge in [-0.3, -0.25) is 9.78 Å². The van der Waals surface area contributed by atoms with Crippen molar-refractivity contribution in [3.8, 4) is 0 Å². The van der Waals surface area contributed by atoms with Crippen LogP contribution in [0.25, 0.3) is 10.9 Å². The van der Waals surface area contributed by atoms with E-state index in [0.717, 1.165) is 16.5 Å². The lowest BCUT2D eigenvalue weighted by Gasteiger charge is -2.34. The third kappa shape index (κ3) is 5.04. The Labute approximate surface area is 200 Å². The van der Waals surface area contributed by atoms with E-state index >= 15 is 0 Å². The molecule has 0 bridgehead atoms. The van der Waals surface area contributed by atoms with Gasteiger partial charge in [0, 0.05) is 30.5 Å². The number of amides is 1. The van der Waals surface area contributed by atoms with Crippen molar-refractivity contribution in [3.05, 3.63) is 72.4 Å². The van der Waals surface area contributed by atoms with Gasteiger partial charge in [-0.25, -0.2) is 0 Å². The van der Waals surface area contributed by atoms with E-state index in [1.54, 1.807) is 11.1 Å². The molecule has 1 amide bonds. The summed E-state index contributed by atoms with van der Waals surface area (Å²) >= 11 is 24.2. The van der Waals surface area contributed by atoms with Crippen molar-refractivity contribution in [1.82, 2.24) is 15.2 Å². The van der Waals surface area contributed by atoms with Gasteiger partial charge in [-0.05, 0) is 29.9 Å².